The van der Waals surface area contributed by atoms with Crippen LogP contribution in [-0.4, -0.2) is 30.2 Å². The van der Waals surface area contributed by atoms with Gasteiger partial charge in [-0.25, -0.2) is 5.01 Å². The van der Waals surface area contributed by atoms with Crippen molar-refractivity contribution in [1.29, 1.82) is 0 Å². The average Bonchev–Trinajstić information content (AvgIpc) is 2.48. The van der Waals surface area contributed by atoms with Gasteiger partial charge in [0.1, 0.15) is 5.82 Å². The second-order valence-corrected chi connectivity index (χ2v) is 3.88. The molecule has 3 heteroatoms. The van der Waals surface area contributed by atoms with E-state index >= 15 is 0 Å². The first-order valence-electron chi connectivity index (χ1n) is 5.19. The molecule has 0 aliphatic carbocycles. The van der Waals surface area contributed by atoms with Crippen molar-refractivity contribution in [1.82, 2.24) is 10.0 Å². The third-order valence-electron chi connectivity index (χ3n) is 2.86. The summed E-state index contributed by atoms with van der Waals surface area (Å²) in [5.41, 5.74) is 1.12. The SMILES string of the molecule is CC1C=C(Nc2ccccc2)N(C)N1C. The van der Waals surface area contributed by atoms with Crippen molar-refractivity contribution in [2.45, 2.75) is 13.0 Å². The molecule has 0 bridgehead atoms. The number of hydrazine groups is 1. The van der Waals surface area contributed by atoms with Crippen LogP contribution in [0.25, 0.3) is 0 Å². The molecule has 1 atom stereocenters. The highest BCUT2D eigenvalue weighted by Crippen LogP contribution is 2.20. The van der Waals surface area contributed by atoms with Crippen LogP contribution in [0.15, 0.2) is 42.2 Å². The van der Waals surface area contributed by atoms with Gasteiger partial charge in [-0.15, -0.1) is 0 Å². The van der Waals surface area contributed by atoms with Crippen LogP contribution in [0, 0.1) is 0 Å². The zero-order valence-corrected chi connectivity index (χ0v) is 9.44. The molecule has 1 aliphatic rings. The van der Waals surface area contributed by atoms with Gasteiger partial charge in [0.05, 0.1) is 0 Å². The lowest BCUT2D eigenvalue weighted by Gasteiger charge is -2.27. The normalized spacial score (nSPS) is 21.7. The van der Waals surface area contributed by atoms with E-state index in [1.807, 2.05) is 18.2 Å². The summed E-state index contributed by atoms with van der Waals surface area (Å²) >= 11 is 0. The van der Waals surface area contributed by atoms with Gasteiger partial charge >= 0.3 is 0 Å². The lowest BCUT2D eigenvalue weighted by atomic mass is 10.3. The molecule has 1 aromatic carbocycles. The fourth-order valence-electron chi connectivity index (χ4n) is 1.68. The van der Waals surface area contributed by atoms with Crippen LogP contribution in [0.2, 0.25) is 0 Å². The molecule has 80 valence electrons. The number of anilines is 1. The number of rotatable bonds is 2. The van der Waals surface area contributed by atoms with Crippen LogP contribution in [-0.2, 0) is 0 Å². The highest BCUT2D eigenvalue weighted by Gasteiger charge is 2.22. The quantitative estimate of drug-likeness (QED) is 0.794. The van der Waals surface area contributed by atoms with E-state index in [9.17, 15) is 0 Å². The Balaban J connectivity index is 2.11. The van der Waals surface area contributed by atoms with Crippen LogP contribution < -0.4 is 5.32 Å². The number of nitrogens with zero attached hydrogens (tertiary/aromatic N) is 2. The molecule has 0 saturated carbocycles. The maximum Gasteiger partial charge on any atom is 0.118 e. The molecule has 0 fully saturated rings. The summed E-state index contributed by atoms with van der Waals surface area (Å²) in [5, 5.41) is 7.71. The molecule has 1 unspecified atom stereocenters. The van der Waals surface area contributed by atoms with Crippen LogP contribution in [0.5, 0.6) is 0 Å². The van der Waals surface area contributed by atoms with E-state index in [0.717, 1.165) is 11.5 Å². The Kier molecular flexibility index (Phi) is 2.64. The number of benzene rings is 1. The molecule has 0 aromatic heterocycles. The van der Waals surface area contributed by atoms with Crippen molar-refractivity contribution in [3.05, 3.63) is 42.2 Å². The van der Waals surface area contributed by atoms with E-state index in [1.54, 1.807) is 0 Å². The van der Waals surface area contributed by atoms with Gasteiger partial charge in [-0.3, -0.25) is 5.01 Å². The third-order valence-corrected chi connectivity index (χ3v) is 2.86. The van der Waals surface area contributed by atoms with Crippen molar-refractivity contribution in [2.24, 2.45) is 0 Å². The van der Waals surface area contributed by atoms with Gasteiger partial charge in [-0.05, 0) is 25.1 Å². The first-order chi connectivity index (χ1) is 7.18. The lowest BCUT2D eigenvalue weighted by molar-refractivity contribution is 0.0704. The number of hydrogen-bond acceptors (Lipinski definition) is 3. The van der Waals surface area contributed by atoms with Crippen molar-refractivity contribution < 1.29 is 0 Å². The van der Waals surface area contributed by atoms with Gasteiger partial charge in [0.25, 0.3) is 0 Å². The van der Waals surface area contributed by atoms with E-state index in [1.165, 1.54) is 0 Å². The van der Waals surface area contributed by atoms with E-state index in [-0.39, 0.29) is 0 Å². The summed E-state index contributed by atoms with van der Waals surface area (Å²) in [6.45, 7) is 2.18. The van der Waals surface area contributed by atoms with Gasteiger partial charge in [-0.1, -0.05) is 18.2 Å². The van der Waals surface area contributed by atoms with Crippen molar-refractivity contribution in [2.75, 3.05) is 19.4 Å². The molecule has 1 aromatic rings. The molecule has 0 amide bonds. The molecule has 2 rings (SSSR count). The Hall–Kier alpha value is -1.48. The number of nitrogens with one attached hydrogen (secondary N) is 1. The van der Waals surface area contributed by atoms with Crippen molar-refractivity contribution in [3.63, 3.8) is 0 Å². The molecule has 0 spiro atoms. The fraction of sp³-hybridized carbons (Fsp3) is 0.333. The molecular formula is C12H17N3. The van der Waals surface area contributed by atoms with Crippen LogP contribution >= 0.6 is 0 Å². The highest BCUT2D eigenvalue weighted by atomic mass is 15.7. The van der Waals surface area contributed by atoms with Crippen LogP contribution in [0.4, 0.5) is 5.69 Å². The molecule has 0 radical (unpaired) electrons. The molecule has 1 heterocycles. The minimum atomic E-state index is 0.446. The minimum Gasteiger partial charge on any atom is -0.341 e. The summed E-state index contributed by atoms with van der Waals surface area (Å²) in [4.78, 5) is 0. The topological polar surface area (TPSA) is 18.5 Å². The Morgan fingerprint density at radius 1 is 1.13 bits per heavy atom. The van der Waals surface area contributed by atoms with E-state index < -0.39 is 0 Å². The monoisotopic (exact) mass is 203 g/mol. The summed E-state index contributed by atoms with van der Waals surface area (Å²) in [5.74, 6) is 1.14. The first-order valence-corrected chi connectivity index (χ1v) is 5.19. The third kappa shape index (κ3) is 1.97. The minimum absolute atomic E-state index is 0.446. The molecule has 0 saturated heterocycles. The Morgan fingerprint density at radius 2 is 1.80 bits per heavy atom. The Bertz CT molecular complexity index is 358. The molecule has 15 heavy (non-hydrogen) atoms. The van der Waals surface area contributed by atoms with E-state index in [0.29, 0.717) is 6.04 Å². The predicted molar refractivity (Wildman–Crippen MR) is 63.1 cm³/mol. The number of likely N-dealkylation sites (N-methyl/N-ethyl adjacent to an activating group) is 1. The van der Waals surface area contributed by atoms with Gasteiger partial charge in [0.15, 0.2) is 0 Å². The summed E-state index contributed by atoms with van der Waals surface area (Å²) in [7, 11) is 4.14. The second kappa shape index (κ2) is 3.95. The van der Waals surface area contributed by atoms with Crippen molar-refractivity contribution >= 4 is 5.69 Å². The maximum atomic E-state index is 3.40. The highest BCUT2D eigenvalue weighted by molar-refractivity contribution is 5.48. The second-order valence-electron chi connectivity index (χ2n) is 3.88. The standard InChI is InChI=1S/C12H17N3/c1-10-9-12(15(3)14(10)2)13-11-7-5-4-6-8-11/h4-10,13H,1-3H3. The molecule has 1 aliphatic heterocycles. The van der Waals surface area contributed by atoms with Crippen molar-refractivity contribution in [3.8, 4) is 0 Å². The van der Waals surface area contributed by atoms with Gasteiger partial charge in [0, 0.05) is 25.8 Å². The predicted octanol–water partition coefficient (Wildman–Crippen LogP) is 2.12. The largest absolute Gasteiger partial charge is 0.341 e. The Labute approximate surface area is 91.0 Å². The molecule has 1 N–H and O–H groups in total. The average molecular weight is 203 g/mol. The molecular weight excluding hydrogens is 186 g/mol. The summed E-state index contributed by atoms with van der Waals surface area (Å²) in [6, 6.07) is 10.7. The first kappa shape index (κ1) is 10.1. The fourth-order valence-corrected chi connectivity index (χ4v) is 1.68. The summed E-state index contributed by atoms with van der Waals surface area (Å²) < 4.78 is 0. The van der Waals surface area contributed by atoms with Gasteiger partial charge < -0.3 is 5.32 Å². The number of hydrogen-bond donors (Lipinski definition) is 1. The zero-order chi connectivity index (χ0) is 10.8. The lowest BCUT2D eigenvalue weighted by Crippen LogP contribution is -2.36. The van der Waals surface area contributed by atoms with E-state index in [2.05, 4.69) is 54.6 Å². The number of para-hydroxylation sites is 1. The smallest absolute Gasteiger partial charge is 0.118 e. The Morgan fingerprint density at radius 3 is 2.33 bits per heavy atom. The van der Waals surface area contributed by atoms with E-state index in [4.69, 9.17) is 0 Å². The zero-order valence-electron chi connectivity index (χ0n) is 9.44. The van der Waals surface area contributed by atoms with Crippen LogP contribution in [0.3, 0.4) is 0 Å². The maximum absolute atomic E-state index is 3.40. The van der Waals surface area contributed by atoms with Gasteiger partial charge in [-0.2, -0.15) is 0 Å². The summed E-state index contributed by atoms with van der Waals surface area (Å²) in [6.07, 6.45) is 2.22. The van der Waals surface area contributed by atoms with Crippen LogP contribution in [0.1, 0.15) is 6.92 Å². The molecule has 3 nitrogen and oxygen atoms in total. The van der Waals surface area contributed by atoms with Gasteiger partial charge in [0.2, 0.25) is 0 Å².